The molecule has 4 aromatic carbocycles. The summed E-state index contributed by atoms with van der Waals surface area (Å²) in [6.45, 7) is 7.00. The summed E-state index contributed by atoms with van der Waals surface area (Å²) >= 11 is 0. The smallest absolute Gasteiger partial charge is 0.128 e. The molecule has 5 heteroatoms. The van der Waals surface area contributed by atoms with Crippen molar-refractivity contribution in [3.8, 4) is 33.6 Å². The quantitative estimate of drug-likeness (QED) is 0.124. The van der Waals surface area contributed by atoms with Gasteiger partial charge in [-0.3, -0.25) is 0 Å². The number of fused-ring (bicyclic) bond motifs is 3. The van der Waals surface area contributed by atoms with Crippen molar-refractivity contribution < 1.29 is 24.5 Å². The molecule has 0 amide bonds. The second-order valence-electron chi connectivity index (χ2n) is 13.6. The van der Waals surface area contributed by atoms with Gasteiger partial charge in [-0.05, 0) is 40.5 Å². The van der Waals surface area contributed by atoms with Gasteiger partial charge in [-0.1, -0.05) is 129 Å². The van der Waals surface area contributed by atoms with Crippen molar-refractivity contribution in [3.05, 3.63) is 139 Å². The van der Waals surface area contributed by atoms with Crippen LogP contribution in [0.1, 0.15) is 31.2 Å². The van der Waals surface area contributed by atoms with E-state index in [1.165, 1.54) is 36.4 Å². The third kappa shape index (κ3) is 7.44. The zero-order valence-electron chi connectivity index (χ0n) is 27.8. The molecule has 1 radical (unpaired) electrons. The molecule has 0 spiro atoms. The van der Waals surface area contributed by atoms with Crippen LogP contribution in [-0.2, 0) is 26.5 Å². The summed E-state index contributed by atoms with van der Waals surface area (Å²) in [4.78, 5) is 9.21. The maximum atomic E-state index is 6.53. The minimum Gasteiger partial charge on any atom is -0.500 e. The SMILES string of the molecule is C[Si](C)(C)c1ccc(-c2[c-]cccc2)nc1.[Ir].[c-]1ccc2c(oc3c(-c4ccccc4)cccc32)c1-c1cc(CC2CCCC2)ccn1. The normalized spacial score (nSPS) is 13.2. The number of para-hydroxylation sites is 1. The topological polar surface area (TPSA) is 38.9 Å². The van der Waals surface area contributed by atoms with Gasteiger partial charge in [0.25, 0.3) is 0 Å². The number of aromatic nitrogens is 2. The van der Waals surface area contributed by atoms with Crippen molar-refractivity contribution in [2.75, 3.05) is 0 Å². The largest absolute Gasteiger partial charge is 0.500 e. The molecule has 7 aromatic rings. The second kappa shape index (κ2) is 14.9. The van der Waals surface area contributed by atoms with Crippen molar-refractivity contribution in [1.82, 2.24) is 9.97 Å². The first-order valence-corrected chi connectivity index (χ1v) is 20.2. The van der Waals surface area contributed by atoms with Crippen LogP contribution in [-0.4, -0.2) is 18.0 Å². The Morgan fingerprint density at radius 3 is 2.25 bits per heavy atom. The molecule has 1 fully saturated rings. The van der Waals surface area contributed by atoms with Gasteiger partial charge in [0.15, 0.2) is 0 Å². The van der Waals surface area contributed by atoms with Crippen LogP contribution in [0.4, 0.5) is 0 Å². The van der Waals surface area contributed by atoms with Gasteiger partial charge >= 0.3 is 0 Å². The second-order valence-corrected chi connectivity index (χ2v) is 18.7. The minimum absolute atomic E-state index is 0. The van der Waals surface area contributed by atoms with Crippen molar-refractivity contribution in [2.24, 2.45) is 5.92 Å². The van der Waals surface area contributed by atoms with E-state index in [-0.39, 0.29) is 20.1 Å². The molecular formula is C43H40IrN2OSi-2. The first-order valence-electron chi connectivity index (χ1n) is 16.7. The molecule has 243 valence electrons. The fourth-order valence-electron chi connectivity index (χ4n) is 6.63. The van der Waals surface area contributed by atoms with E-state index in [0.29, 0.717) is 0 Å². The number of nitrogens with zero attached hydrogens (tertiary/aromatic N) is 2. The Hall–Kier alpha value is -4.15. The molecule has 8 rings (SSSR count). The van der Waals surface area contributed by atoms with E-state index < -0.39 is 8.07 Å². The van der Waals surface area contributed by atoms with E-state index in [1.54, 1.807) is 0 Å². The van der Waals surface area contributed by atoms with E-state index in [4.69, 9.17) is 9.40 Å². The summed E-state index contributed by atoms with van der Waals surface area (Å²) in [6.07, 6.45) is 10.5. The number of pyridine rings is 2. The van der Waals surface area contributed by atoms with Gasteiger partial charge in [-0.15, -0.1) is 54.1 Å². The maximum Gasteiger partial charge on any atom is 0.128 e. The van der Waals surface area contributed by atoms with E-state index in [0.717, 1.165) is 67.9 Å². The zero-order valence-corrected chi connectivity index (χ0v) is 31.2. The van der Waals surface area contributed by atoms with Gasteiger partial charge in [0, 0.05) is 43.4 Å². The molecule has 1 aliphatic carbocycles. The van der Waals surface area contributed by atoms with Crippen LogP contribution in [0.15, 0.2) is 126 Å². The predicted molar refractivity (Wildman–Crippen MR) is 198 cm³/mol. The summed E-state index contributed by atoms with van der Waals surface area (Å²) < 4.78 is 6.53. The molecule has 0 aliphatic heterocycles. The monoisotopic (exact) mass is 821 g/mol. The fraction of sp³-hybridized carbons (Fsp3) is 0.209. The molecule has 3 aromatic heterocycles. The van der Waals surface area contributed by atoms with Gasteiger partial charge in [0.05, 0.1) is 13.7 Å². The molecule has 48 heavy (non-hydrogen) atoms. The molecule has 1 saturated carbocycles. The van der Waals surface area contributed by atoms with Gasteiger partial charge in [0.2, 0.25) is 0 Å². The van der Waals surface area contributed by atoms with Crippen LogP contribution < -0.4 is 5.19 Å². The molecule has 3 nitrogen and oxygen atoms in total. The third-order valence-electron chi connectivity index (χ3n) is 9.24. The van der Waals surface area contributed by atoms with Crippen LogP contribution >= 0.6 is 0 Å². The van der Waals surface area contributed by atoms with E-state index >= 15 is 0 Å². The van der Waals surface area contributed by atoms with Crippen LogP contribution in [0.2, 0.25) is 19.6 Å². The Morgan fingerprint density at radius 2 is 1.52 bits per heavy atom. The Balaban J connectivity index is 0.000000201. The molecule has 1 aliphatic rings. The van der Waals surface area contributed by atoms with Crippen molar-refractivity contribution in [1.29, 1.82) is 0 Å². The standard InChI is InChI=1S/C29H24NO.C14H16NSi.Ir/c1-2-10-22(11-3-1)23-12-6-13-24-25-14-7-15-26(29(25)31-28(23)24)27-19-21(16-17-30-27)18-20-8-4-5-9-20;1-16(2,3)13-9-10-14(15-11-13)12-7-5-4-6-8-12;/h1-3,6-7,10-14,16-17,19-20H,4-5,8-9,18H2;4-7,9-11H,1-3H3;/q2*-1;. The van der Waals surface area contributed by atoms with Crippen LogP contribution in [0, 0.1) is 18.1 Å². The Kier molecular flexibility index (Phi) is 10.5. The first-order chi connectivity index (χ1) is 22.9. The van der Waals surface area contributed by atoms with Gasteiger partial charge in [0.1, 0.15) is 5.58 Å². The summed E-state index contributed by atoms with van der Waals surface area (Å²) in [5, 5.41) is 3.64. The van der Waals surface area contributed by atoms with E-state index in [2.05, 4.69) is 110 Å². The molecular weight excluding hydrogens is 781 g/mol. The van der Waals surface area contributed by atoms with Gasteiger partial charge < -0.3 is 14.4 Å². The van der Waals surface area contributed by atoms with Crippen LogP contribution in [0.25, 0.3) is 55.6 Å². The minimum atomic E-state index is -1.23. The molecule has 0 atom stereocenters. The zero-order chi connectivity index (χ0) is 32.2. The molecule has 0 saturated heterocycles. The van der Waals surface area contributed by atoms with E-state index in [9.17, 15) is 0 Å². The summed E-state index contributed by atoms with van der Waals surface area (Å²) in [7, 11) is -1.23. The number of furan rings is 1. The average molecular weight is 821 g/mol. The number of rotatable bonds is 6. The number of hydrogen-bond acceptors (Lipinski definition) is 3. The van der Waals surface area contributed by atoms with Crippen molar-refractivity contribution in [3.63, 3.8) is 0 Å². The maximum absolute atomic E-state index is 6.53. The average Bonchev–Trinajstić information content (AvgIpc) is 3.77. The Morgan fingerprint density at radius 1 is 0.729 bits per heavy atom. The first kappa shape index (κ1) is 33.7. The number of benzene rings is 4. The summed E-state index contributed by atoms with van der Waals surface area (Å²) in [5.41, 5.74) is 9.38. The van der Waals surface area contributed by atoms with Crippen LogP contribution in [0.5, 0.6) is 0 Å². The summed E-state index contributed by atoms with van der Waals surface area (Å²) in [5.74, 6) is 0.814. The molecule has 0 unspecified atom stereocenters. The Bertz CT molecular complexity index is 2100. The molecule has 0 N–H and O–H groups in total. The number of hydrogen-bond donors (Lipinski definition) is 0. The van der Waals surface area contributed by atoms with Crippen molar-refractivity contribution in [2.45, 2.75) is 51.7 Å². The van der Waals surface area contributed by atoms with Gasteiger partial charge in [-0.2, -0.15) is 0 Å². The predicted octanol–water partition coefficient (Wildman–Crippen LogP) is 10.9. The third-order valence-corrected chi connectivity index (χ3v) is 11.3. The van der Waals surface area contributed by atoms with E-state index in [1.807, 2.05) is 48.8 Å². The Labute approximate surface area is 298 Å². The van der Waals surface area contributed by atoms with Gasteiger partial charge in [-0.25, -0.2) is 0 Å². The molecule has 3 heterocycles. The van der Waals surface area contributed by atoms with Crippen molar-refractivity contribution >= 4 is 35.2 Å². The fourth-order valence-corrected chi connectivity index (χ4v) is 7.67. The molecule has 0 bridgehead atoms. The summed E-state index contributed by atoms with van der Waals surface area (Å²) in [6, 6.07) is 44.1. The van der Waals surface area contributed by atoms with Crippen LogP contribution in [0.3, 0.4) is 0 Å².